The fourth-order valence-corrected chi connectivity index (χ4v) is 3.76. The number of benzene rings is 2. The van der Waals surface area contributed by atoms with Crippen LogP contribution in [0.25, 0.3) is 11.1 Å². The lowest BCUT2D eigenvalue weighted by Gasteiger charge is -2.31. The van der Waals surface area contributed by atoms with Crippen LogP contribution in [0.4, 0.5) is 0 Å². The second-order valence-electron chi connectivity index (χ2n) is 7.32. The van der Waals surface area contributed by atoms with E-state index in [1.165, 1.54) is 50.0 Å². The van der Waals surface area contributed by atoms with Gasteiger partial charge in [0.05, 0.1) is 0 Å². The van der Waals surface area contributed by atoms with E-state index in [2.05, 4.69) is 49.1 Å². The molecule has 2 aromatic carbocycles. The molecule has 0 aromatic heterocycles. The minimum atomic E-state index is 0.602. The quantitative estimate of drug-likeness (QED) is 0.622. The van der Waals surface area contributed by atoms with Gasteiger partial charge in [-0.1, -0.05) is 67.9 Å². The van der Waals surface area contributed by atoms with Crippen molar-refractivity contribution < 1.29 is 0 Å². The van der Waals surface area contributed by atoms with Crippen molar-refractivity contribution in [1.82, 2.24) is 4.90 Å². The zero-order valence-corrected chi connectivity index (χ0v) is 15.6. The van der Waals surface area contributed by atoms with Gasteiger partial charge in [0.2, 0.25) is 0 Å². The molecule has 1 fully saturated rings. The Kier molecular flexibility index (Phi) is 5.97. The van der Waals surface area contributed by atoms with Crippen molar-refractivity contribution >= 4 is 11.6 Å². The van der Waals surface area contributed by atoms with E-state index in [1.54, 1.807) is 0 Å². The fourth-order valence-electron chi connectivity index (χ4n) is 3.52. The molecule has 2 heteroatoms. The SMILES string of the molecule is CC1CCN(CCC(C)c2ccc(-c3ccccc3Cl)cc2)CC1. The largest absolute Gasteiger partial charge is 0.303 e. The van der Waals surface area contributed by atoms with Crippen molar-refractivity contribution in [3.8, 4) is 11.1 Å². The van der Waals surface area contributed by atoms with Gasteiger partial charge in [-0.25, -0.2) is 0 Å². The summed E-state index contributed by atoms with van der Waals surface area (Å²) in [5.74, 6) is 1.51. The van der Waals surface area contributed by atoms with Gasteiger partial charge in [0.15, 0.2) is 0 Å². The highest BCUT2D eigenvalue weighted by molar-refractivity contribution is 6.33. The van der Waals surface area contributed by atoms with Gasteiger partial charge < -0.3 is 4.90 Å². The second kappa shape index (κ2) is 8.18. The molecule has 128 valence electrons. The van der Waals surface area contributed by atoms with Crippen LogP contribution in [0.5, 0.6) is 0 Å². The first-order valence-corrected chi connectivity index (χ1v) is 9.58. The number of hydrogen-bond donors (Lipinski definition) is 0. The molecule has 0 radical (unpaired) electrons. The molecule has 1 atom stereocenters. The molecule has 2 aromatic rings. The summed E-state index contributed by atoms with van der Waals surface area (Å²) in [4.78, 5) is 2.63. The lowest BCUT2D eigenvalue weighted by molar-refractivity contribution is 0.187. The Morgan fingerprint density at radius 3 is 2.38 bits per heavy atom. The maximum absolute atomic E-state index is 6.30. The van der Waals surface area contributed by atoms with Crippen LogP contribution in [0.1, 0.15) is 44.6 Å². The van der Waals surface area contributed by atoms with Crippen LogP contribution >= 0.6 is 11.6 Å². The van der Waals surface area contributed by atoms with Crippen LogP contribution in [0.3, 0.4) is 0 Å². The molecule has 1 saturated heterocycles. The molecule has 24 heavy (non-hydrogen) atoms. The molecule has 0 saturated carbocycles. The van der Waals surface area contributed by atoms with E-state index in [4.69, 9.17) is 11.6 Å². The van der Waals surface area contributed by atoms with Crippen molar-refractivity contribution in [2.24, 2.45) is 5.92 Å². The van der Waals surface area contributed by atoms with Gasteiger partial charge in [-0.05, 0) is 67.9 Å². The Morgan fingerprint density at radius 1 is 1.04 bits per heavy atom. The molecule has 1 nitrogen and oxygen atoms in total. The molecule has 0 spiro atoms. The van der Waals surface area contributed by atoms with Gasteiger partial charge >= 0.3 is 0 Å². The summed E-state index contributed by atoms with van der Waals surface area (Å²) in [6.45, 7) is 8.50. The Morgan fingerprint density at radius 2 is 1.71 bits per heavy atom. The van der Waals surface area contributed by atoms with E-state index in [0.29, 0.717) is 5.92 Å². The molecule has 1 aliphatic rings. The fraction of sp³-hybridized carbons (Fsp3) is 0.455. The van der Waals surface area contributed by atoms with Crippen LogP contribution in [-0.2, 0) is 0 Å². The molecular formula is C22H28ClN. The highest BCUT2D eigenvalue weighted by atomic mass is 35.5. The molecule has 1 unspecified atom stereocenters. The third-order valence-electron chi connectivity index (χ3n) is 5.42. The van der Waals surface area contributed by atoms with Crippen molar-refractivity contribution in [3.63, 3.8) is 0 Å². The highest BCUT2D eigenvalue weighted by Gasteiger charge is 2.16. The average molecular weight is 342 g/mol. The summed E-state index contributed by atoms with van der Waals surface area (Å²) < 4.78 is 0. The molecular weight excluding hydrogens is 314 g/mol. The third kappa shape index (κ3) is 4.40. The van der Waals surface area contributed by atoms with E-state index < -0.39 is 0 Å². The predicted molar refractivity (Wildman–Crippen MR) is 105 cm³/mol. The highest BCUT2D eigenvalue weighted by Crippen LogP contribution is 2.29. The van der Waals surface area contributed by atoms with E-state index in [-0.39, 0.29) is 0 Å². The smallest absolute Gasteiger partial charge is 0.0484 e. The van der Waals surface area contributed by atoms with Crippen LogP contribution in [0.15, 0.2) is 48.5 Å². The number of piperidine rings is 1. The first kappa shape index (κ1) is 17.5. The summed E-state index contributed by atoms with van der Waals surface area (Å²) in [6, 6.07) is 17.0. The van der Waals surface area contributed by atoms with Gasteiger partial charge in [0.25, 0.3) is 0 Å². The monoisotopic (exact) mass is 341 g/mol. The molecule has 0 bridgehead atoms. The van der Waals surface area contributed by atoms with E-state index in [1.807, 2.05) is 18.2 Å². The first-order chi connectivity index (χ1) is 11.6. The summed E-state index contributed by atoms with van der Waals surface area (Å²) in [5.41, 5.74) is 3.73. The zero-order chi connectivity index (χ0) is 16.9. The average Bonchev–Trinajstić information content (AvgIpc) is 2.61. The lowest BCUT2D eigenvalue weighted by Crippen LogP contribution is -2.34. The van der Waals surface area contributed by atoms with Gasteiger partial charge in [0, 0.05) is 10.6 Å². The predicted octanol–water partition coefficient (Wildman–Crippen LogP) is 6.23. The number of nitrogens with zero attached hydrogens (tertiary/aromatic N) is 1. The summed E-state index contributed by atoms with van der Waals surface area (Å²) >= 11 is 6.30. The molecule has 0 amide bonds. The van der Waals surface area contributed by atoms with E-state index >= 15 is 0 Å². The van der Waals surface area contributed by atoms with Crippen molar-refractivity contribution in [2.75, 3.05) is 19.6 Å². The Balaban J connectivity index is 1.58. The van der Waals surface area contributed by atoms with Gasteiger partial charge in [-0.3, -0.25) is 0 Å². The number of rotatable bonds is 5. The van der Waals surface area contributed by atoms with Gasteiger partial charge in [-0.15, -0.1) is 0 Å². The third-order valence-corrected chi connectivity index (χ3v) is 5.75. The molecule has 0 aliphatic carbocycles. The number of halogens is 1. The van der Waals surface area contributed by atoms with E-state index in [9.17, 15) is 0 Å². The lowest BCUT2D eigenvalue weighted by atomic mass is 9.94. The van der Waals surface area contributed by atoms with Crippen LogP contribution < -0.4 is 0 Å². The van der Waals surface area contributed by atoms with E-state index in [0.717, 1.165) is 16.5 Å². The minimum Gasteiger partial charge on any atom is -0.303 e. The minimum absolute atomic E-state index is 0.602. The topological polar surface area (TPSA) is 3.24 Å². The maximum Gasteiger partial charge on any atom is 0.0484 e. The summed E-state index contributed by atoms with van der Waals surface area (Å²) in [6.07, 6.45) is 3.96. The number of hydrogen-bond acceptors (Lipinski definition) is 1. The van der Waals surface area contributed by atoms with Crippen LogP contribution in [0.2, 0.25) is 5.02 Å². The zero-order valence-electron chi connectivity index (χ0n) is 14.8. The standard InChI is InChI=1S/C22H28ClN/c1-17-11-14-24(15-12-17)16-13-18(2)19-7-9-20(10-8-19)21-5-3-4-6-22(21)23/h3-10,17-18H,11-16H2,1-2H3. The normalized spacial score (nSPS) is 17.8. The molecule has 3 rings (SSSR count). The second-order valence-corrected chi connectivity index (χ2v) is 7.72. The van der Waals surface area contributed by atoms with Crippen molar-refractivity contribution in [2.45, 2.75) is 39.0 Å². The molecule has 1 aliphatic heterocycles. The number of likely N-dealkylation sites (tertiary alicyclic amines) is 1. The first-order valence-electron chi connectivity index (χ1n) is 9.20. The summed E-state index contributed by atoms with van der Waals surface area (Å²) in [5, 5.41) is 0.817. The summed E-state index contributed by atoms with van der Waals surface area (Å²) in [7, 11) is 0. The Bertz CT molecular complexity index is 641. The van der Waals surface area contributed by atoms with Crippen molar-refractivity contribution in [1.29, 1.82) is 0 Å². The Labute approximate surface area is 151 Å². The van der Waals surface area contributed by atoms with Gasteiger partial charge in [0.1, 0.15) is 0 Å². The van der Waals surface area contributed by atoms with Crippen LogP contribution in [-0.4, -0.2) is 24.5 Å². The van der Waals surface area contributed by atoms with Crippen molar-refractivity contribution in [3.05, 3.63) is 59.1 Å². The van der Waals surface area contributed by atoms with Crippen LogP contribution in [0, 0.1) is 5.92 Å². The molecule has 0 N–H and O–H groups in total. The van der Waals surface area contributed by atoms with Gasteiger partial charge in [-0.2, -0.15) is 0 Å². The molecule has 1 heterocycles. The maximum atomic E-state index is 6.30. The Hall–Kier alpha value is -1.31.